The van der Waals surface area contributed by atoms with Crippen LogP contribution < -0.4 is 15.4 Å². The molecule has 1 aromatic rings. The fourth-order valence-corrected chi connectivity index (χ4v) is 3.63. The van der Waals surface area contributed by atoms with E-state index in [-0.39, 0.29) is 12.3 Å². The lowest BCUT2D eigenvalue weighted by molar-refractivity contribution is -0.0504. The molecule has 29 heavy (non-hydrogen) atoms. The third-order valence-electron chi connectivity index (χ3n) is 5.16. The molecule has 2 N–H and O–H groups in total. The highest BCUT2D eigenvalue weighted by Gasteiger charge is 2.25. The van der Waals surface area contributed by atoms with Crippen LogP contribution >= 0.6 is 11.6 Å². The molecule has 1 unspecified atom stereocenters. The fourth-order valence-electron chi connectivity index (χ4n) is 3.44. The Hall–Kier alpha value is -1.64. The molecule has 0 saturated carbocycles. The summed E-state index contributed by atoms with van der Waals surface area (Å²) in [6.07, 6.45) is 0. The molecule has 2 rings (SSSR count). The summed E-state index contributed by atoms with van der Waals surface area (Å²) in [5.41, 5.74) is 0.542. The van der Waals surface area contributed by atoms with Crippen LogP contribution in [0, 0.1) is 5.92 Å². The van der Waals surface area contributed by atoms with E-state index in [0.29, 0.717) is 28.5 Å². The first-order chi connectivity index (χ1) is 13.8. The normalized spacial score (nSPS) is 17.6. The highest BCUT2D eigenvalue weighted by molar-refractivity contribution is 6.30. The van der Waals surface area contributed by atoms with Gasteiger partial charge in [0.25, 0.3) is 0 Å². The Bertz CT molecular complexity index is 666. The number of nitrogens with zero attached hydrogens (tertiary/aromatic N) is 3. The van der Waals surface area contributed by atoms with E-state index in [9.17, 15) is 8.78 Å². The lowest BCUT2D eigenvalue weighted by Crippen LogP contribution is -2.55. The minimum atomic E-state index is -2.89. The number of guanidine groups is 1. The summed E-state index contributed by atoms with van der Waals surface area (Å²) >= 11 is 6.01. The summed E-state index contributed by atoms with van der Waals surface area (Å²) in [7, 11) is 3.83. The van der Waals surface area contributed by atoms with Gasteiger partial charge in [-0.05, 0) is 31.2 Å². The van der Waals surface area contributed by atoms with Crippen LogP contribution in [0.15, 0.2) is 23.2 Å². The summed E-state index contributed by atoms with van der Waals surface area (Å²) in [6.45, 7) is 6.80. The molecule has 6 nitrogen and oxygen atoms in total. The molecule has 0 aromatic heterocycles. The van der Waals surface area contributed by atoms with Crippen molar-refractivity contribution in [3.63, 3.8) is 0 Å². The number of piperazine rings is 1. The van der Waals surface area contributed by atoms with Gasteiger partial charge in [0.15, 0.2) is 5.96 Å². The lowest BCUT2D eigenvalue weighted by atomic mass is 10.0. The predicted molar refractivity (Wildman–Crippen MR) is 114 cm³/mol. The van der Waals surface area contributed by atoms with Gasteiger partial charge in [-0.3, -0.25) is 9.89 Å². The average Bonchev–Trinajstić information content (AvgIpc) is 2.67. The van der Waals surface area contributed by atoms with Crippen molar-refractivity contribution in [3.05, 3.63) is 28.8 Å². The molecule has 9 heteroatoms. The van der Waals surface area contributed by atoms with Gasteiger partial charge in [-0.15, -0.1) is 0 Å². The van der Waals surface area contributed by atoms with Crippen molar-refractivity contribution in [3.8, 4) is 5.75 Å². The predicted octanol–water partition coefficient (Wildman–Crippen LogP) is 2.88. The quantitative estimate of drug-likeness (QED) is 0.489. The first kappa shape index (κ1) is 23.6. The Balaban J connectivity index is 1.94. The standard InChI is InChI=1S/C20H32ClF2N5O/c1-14(2)17(28-9-7-27(4)8-10-28)13-26-20(24-3)25-12-15-11-16(21)5-6-18(15)29-19(22)23/h5-6,11,14,17,19H,7-10,12-13H2,1-4H3,(H2,24,25,26). The zero-order chi connectivity index (χ0) is 21.4. The molecular formula is C20H32ClF2N5O. The SMILES string of the molecule is CN=C(NCc1cc(Cl)ccc1OC(F)F)NCC(C(C)C)N1CCN(C)CC1. The number of nitrogens with one attached hydrogen (secondary N) is 2. The first-order valence-corrected chi connectivity index (χ1v) is 10.3. The summed E-state index contributed by atoms with van der Waals surface area (Å²) in [5, 5.41) is 6.99. The van der Waals surface area contributed by atoms with Crippen molar-refractivity contribution in [2.24, 2.45) is 10.9 Å². The van der Waals surface area contributed by atoms with Crippen molar-refractivity contribution in [2.75, 3.05) is 46.8 Å². The van der Waals surface area contributed by atoms with Crippen molar-refractivity contribution in [1.82, 2.24) is 20.4 Å². The summed E-state index contributed by atoms with van der Waals surface area (Å²) in [5.74, 6) is 1.19. The van der Waals surface area contributed by atoms with Crippen molar-refractivity contribution in [2.45, 2.75) is 33.0 Å². The fraction of sp³-hybridized carbons (Fsp3) is 0.650. The van der Waals surface area contributed by atoms with Crippen molar-refractivity contribution in [1.29, 1.82) is 0 Å². The van der Waals surface area contributed by atoms with Gasteiger partial charge < -0.3 is 20.3 Å². The van der Waals surface area contributed by atoms with Gasteiger partial charge in [-0.2, -0.15) is 8.78 Å². The molecule has 0 spiro atoms. The van der Waals surface area contributed by atoms with Crippen LogP contribution in [-0.4, -0.2) is 75.2 Å². The van der Waals surface area contributed by atoms with Gasteiger partial charge in [0.2, 0.25) is 0 Å². The average molecular weight is 432 g/mol. The van der Waals surface area contributed by atoms with E-state index in [4.69, 9.17) is 11.6 Å². The molecule has 1 aliphatic rings. The maximum Gasteiger partial charge on any atom is 0.387 e. The Labute approximate surface area is 177 Å². The number of hydrogen-bond acceptors (Lipinski definition) is 4. The largest absolute Gasteiger partial charge is 0.434 e. The number of hydrogen-bond donors (Lipinski definition) is 2. The van der Waals surface area contributed by atoms with Crippen molar-refractivity contribution >= 4 is 17.6 Å². The zero-order valence-corrected chi connectivity index (χ0v) is 18.3. The lowest BCUT2D eigenvalue weighted by Gasteiger charge is -2.40. The molecule has 1 fully saturated rings. The minimum Gasteiger partial charge on any atom is -0.434 e. The molecule has 1 saturated heterocycles. The van der Waals surface area contributed by atoms with E-state index < -0.39 is 6.61 Å². The molecule has 0 bridgehead atoms. The maximum atomic E-state index is 12.6. The van der Waals surface area contributed by atoms with E-state index >= 15 is 0 Å². The van der Waals surface area contributed by atoms with Gasteiger partial charge in [-0.1, -0.05) is 25.4 Å². The highest BCUT2D eigenvalue weighted by Crippen LogP contribution is 2.24. The van der Waals surface area contributed by atoms with Gasteiger partial charge in [0.1, 0.15) is 5.75 Å². The molecule has 1 aliphatic heterocycles. The molecule has 1 atom stereocenters. The second-order valence-corrected chi connectivity index (χ2v) is 8.02. The molecule has 164 valence electrons. The second-order valence-electron chi connectivity index (χ2n) is 7.59. The number of halogens is 3. The van der Waals surface area contributed by atoms with Crippen LogP contribution in [0.25, 0.3) is 0 Å². The van der Waals surface area contributed by atoms with E-state index in [1.807, 2.05) is 0 Å². The Morgan fingerprint density at radius 2 is 1.90 bits per heavy atom. The maximum absolute atomic E-state index is 12.6. The number of alkyl halides is 2. The van der Waals surface area contributed by atoms with E-state index in [0.717, 1.165) is 32.7 Å². The molecule has 1 aromatic carbocycles. The van der Waals surface area contributed by atoms with Crippen molar-refractivity contribution < 1.29 is 13.5 Å². The van der Waals surface area contributed by atoms with Crippen LogP contribution in [-0.2, 0) is 6.54 Å². The second kappa shape index (κ2) is 11.5. The van der Waals surface area contributed by atoms with Crippen LogP contribution in [0.5, 0.6) is 5.75 Å². The zero-order valence-electron chi connectivity index (χ0n) is 17.6. The van der Waals surface area contributed by atoms with Gasteiger partial charge >= 0.3 is 6.61 Å². The number of ether oxygens (including phenoxy) is 1. The molecule has 0 aliphatic carbocycles. The molecule has 0 radical (unpaired) electrons. The van der Waals surface area contributed by atoms with E-state index in [1.54, 1.807) is 13.1 Å². The van der Waals surface area contributed by atoms with Gasteiger partial charge in [0, 0.05) is 62.9 Å². The summed E-state index contributed by atoms with van der Waals surface area (Å²) in [6, 6.07) is 4.97. The number of rotatable bonds is 8. The van der Waals surface area contributed by atoms with Crippen LogP contribution in [0.3, 0.4) is 0 Å². The van der Waals surface area contributed by atoms with Crippen LogP contribution in [0.2, 0.25) is 5.02 Å². The monoisotopic (exact) mass is 431 g/mol. The molecule has 0 amide bonds. The first-order valence-electron chi connectivity index (χ1n) is 9.90. The topological polar surface area (TPSA) is 52.1 Å². The Morgan fingerprint density at radius 1 is 1.21 bits per heavy atom. The van der Waals surface area contributed by atoms with E-state index in [1.165, 1.54) is 12.1 Å². The summed E-state index contributed by atoms with van der Waals surface area (Å²) in [4.78, 5) is 9.10. The third-order valence-corrected chi connectivity index (χ3v) is 5.40. The third kappa shape index (κ3) is 7.60. The van der Waals surface area contributed by atoms with E-state index in [2.05, 4.69) is 51.1 Å². The number of aliphatic imine (C=N–C) groups is 1. The molecule has 1 heterocycles. The Kier molecular flexibility index (Phi) is 9.39. The Morgan fingerprint density at radius 3 is 2.48 bits per heavy atom. The van der Waals surface area contributed by atoms with Crippen LogP contribution in [0.1, 0.15) is 19.4 Å². The minimum absolute atomic E-state index is 0.102. The van der Waals surface area contributed by atoms with Gasteiger partial charge in [-0.25, -0.2) is 0 Å². The smallest absolute Gasteiger partial charge is 0.387 e. The highest BCUT2D eigenvalue weighted by atomic mass is 35.5. The number of benzene rings is 1. The molecular weight excluding hydrogens is 400 g/mol. The number of likely N-dealkylation sites (N-methyl/N-ethyl adjacent to an activating group) is 1. The summed E-state index contributed by atoms with van der Waals surface area (Å²) < 4.78 is 29.8. The van der Waals surface area contributed by atoms with Gasteiger partial charge in [0.05, 0.1) is 0 Å². The van der Waals surface area contributed by atoms with Crippen LogP contribution in [0.4, 0.5) is 8.78 Å².